The first kappa shape index (κ1) is 14.8. The Hall–Kier alpha value is -0.200. The van der Waals surface area contributed by atoms with Crippen LogP contribution in [-0.4, -0.2) is 17.0 Å². The number of thioether (sulfide) groups is 1. The Morgan fingerprint density at radius 2 is 2.00 bits per heavy atom. The van der Waals surface area contributed by atoms with Crippen molar-refractivity contribution in [2.75, 3.05) is 11.5 Å². The van der Waals surface area contributed by atoms with E-state index in [1.807, 2.05) is 11.8 Å². The molecule has 0 aliphatic heterocycles. The molecule has 0 aliphatic carbocycles. The molecule has 0 saturated carbocycles. The molecule has 3 heteroatoms. The minimum absolute atomic E-state index is 0.622. The second kappa shape index (κ2) is 8.01. The first-order chi connectivity index (χ1) is 6.98. The van der Waals surface area contributed by atoms with E-state index in [-0.39, 0.29) is 0 Å². The first-order valence-corrected chi connectivity index (χ1v) is 6.91. The quantitative estimate of drug-likeness (QED) is 0.649. The fourth-order valence-corrected chi connectivity index (χ4v) is 2.42. The maximum atomic E-state index is 8.72. The number of rotatable bonds is 8. The third kappa shape index (κ3) is 10.1. The lowest BCUT2D eigenvalue weighted by Crippen LogP contribution is -2.33. The van der Waals surface area contributed by atoms with Crippen LogP contribution >= 0.6 is 11.8 Å². The highest BCUT2D eigenvalue weighted by Crippen LogP contribution is 2.14. The molecule has 15 heavy (non-hydrogen) atoms. The molecular formula is C12H24N2S. The molecule has 0 spiro atoms. The van der Waals surface area contributed by atoms with E-state index < -0.39 is 5.54 Å². The molecule has 0 fully saturated rings. The highest BCUT2D eigenvalue weighted by atomic mass is 32.2. The number of hydrogen-bond donors (Lipinski definition) is 1. The van der Waals surface area contributed by atoms with Crippen LogP contribution in [0.1, 0.15) is 46.5 Å². The molecule has 1 atom stereocenters. The van der Waals surface area contributed by atoms with Gasteiger partial charge in [0, 0.05) is 0 Å². The molecule has 0 saturated heterocycles. The molecular weight excluding hydrogens is 204 g/mol. The van der Waals surface area contributed by atoms with Crippen molar-refractivity contribution in [3.63, 3.8) is 0 Å². The van der Waals surface area contributed by atoms with Gasteiger partial charge in [-0.1, -0.05) is 13.8 Å². The Balaban J connectivity index is 3.23. The van der Waals surface area contributed by atoms with Crippen LogP contribution in [0.3, 0.4) is 0 Å². The molecule has 0 radical (unpaired) electrons. The zero-order valence-corrected chi connectivity index (χ0v) is 11.1. The summed E-state index contributed by atoms with van der Waals surface area (Å²) in [6, 6.07) is 2.13. The summed E-state index contributed by atoms with van der Waals surface area (Å²) in [6.45, 7) is 6.32. The highest BCUT2D eigenvalue weighted by molar-refractivity contribution is 7.99. The third-order valence-electron chi connectivity index (χ3n) is 2.33. The van der Waals surface area contributed by atoms with E-state index in [9.17, 15) is 0 Å². The smallest absolute Gasteiger partial charge is 0.101 e. The summed E-state index contributed by atoms with van der Waals surface area (Å²) in [7, 11) is 0. The molecule has 0 bridgehead atoms. The molecule has 1 unspecified atom stereocenters. The molecule has 0 aromatic carbocycles. The summed E-state index contributed by atoms with van der Waals surface area (Å²) in [6.07, 6.45) is 4.36. The monoisotopic (exact) mass is 228 g/mol. The molecule has 2 N–H and O–H groups in total. The van der Waals surface area contributed by atoms with Crippen LogP contribution in [-0.2, 0) is 0 Å². The van der Waals surface area contributed by atoms with E-state index in [4.69, 9.17) is 11.0 Å². The van der Waals surface area contributed by atoms with Gasteiger partial charge in [0.2, 0.25) is 0 Å². The van der Waals surface area contributed by atoms with Gasteiger partial charge in [-0.2, -0.15) is 17.0 Å². The van der Waals surface area contributed by atoms with E-state index in [0.717, 1.165) is 18.8 Å². The lowest BCUT2D eigenvalue weighted by molar-refractivity contribution is 0.518. The second-order valence-electron chi connectivity index (χ2n) is 4.78. The van der Waals surface area contributed by atoms with Crippen molar-refractivity contribution in [3.05, 3.63) is 0 Å². The third-order valence-corrected chi connectivity index (χ3v) is 3.43. The van der Waals surface area contributed by atoms with Crippen LogP contribution in [0.15, 0.2) is 0 Å². The number of hydrogen-bond acceptors (Lipinski definition) is 3. The van der Waals surface area contributed by atoms with E-state index in [0.29, 0.717) is 0 Å². The van der Waals surface area contributed by atoms with Gasteiger partial charge in [0.15, 0.2) is 0 Å². The zero-order chi connectivity index (χ0) is 11.7. The number of nitriles is 1. The van der Waals surface area contributed by atoms with Crippen LogP contribution in [0.4, 0.5) is 0 Å². The highest BCUT2D eigenvalue weighted by Gasteiger charge is 2.15. The van der Waals surface area contributed by atoms with Crippen molar-refractivity contribution in [1.29, 1.82) is 5.26 Å². The number of unbranched alkanes of at least 4 members (excludes halogenated alkanes) is 1. The standard InChI is InChI=1S/C12H24N2S/c1-11(2)6-9-15-8-5-4-7-12(3,14)10-13/h11H,4-9,14H2,1-3H3. The van der Waals surface area contributed by atoms with Gasteiger partial charge in [-0.3, -0.25) is 0 Å². The van der Waals surface area contributed by atoms with Crippen LogP contribution < -0.4 is 5.73 Å². The summed E-state index contributed by atoms with van der Waals surface area (Å²) in [5.41, 5.74) is 5.11. The van der Waals surface area contributed by atoms with Gasteiger partial charge < -0.3 is 5.73 Å². The first-order valence-electron chi connectivity index (χ1n) is 5.76. The largest absolute Gasteiger partial charge is 0.314 e. The van der Waals surface area contributed by atoms with E-state index in [2.05, 4.69) is 19.9 Å². The van der Waals surface area contributed by atoms with Crippen molar-refractivity contribution >= 4 is 11.8 Å². The van der Waals surface area contributed by atoms with Crippen LogP contribution in [0.2, 0.25) is 0 Å². The average Bonchev–Trinajstić information content (AvgIpc) is 2.16. The lowest BCUT2D eigenvalue weighted by Gasteiger charge is -2.14. The van der Waals surface area contributed by atoms with Gasteiger partial charge in [0.05, 0.1) is 6.07 Å². The second-order valence-corrected chi connectivity index (χ2v) is 6.01. The lowest BCUT2D eigenvalue weighted by atomic mass is 9.99. The van der Waals surface area contributed by atoms with Gasteiger partial charge in [-0.05, 0) is 50.0 Å². The van der Waals surface area contributed by atoms with Gasteiger partial charge in [-0.25, -0.2) is 0 Å². The maximum Gasteiger partial charge on any atom is 0.101 e. The van der Waals surface area contributed by atoms with Gasteiger partial charge in [-0.15, -0.1) is 0 Å². The van der Waals surface area contributed by atoms with Crippen molar-refractivity contribution < 1.29 is 0 Å². The normalized spacial score (nSPS) is 14.9. The van der Waals surface area contributed by atoms with E-state index in [1.165, 1.54) is 24.3 Å². The summed E-state index contributed by atoms with van der Waals surface area (Å²) in [5.74, 6) is 3.27. The minimum atomic E-state index is -0.622. The molecule has 0 aromatic rings. The fraction of sp³-hybridized carbons (Fsp3) is 0.917. The maximum absolute atomic E-state index is 8.72. The number of nitrogens with two attached hydrogens (primary N) is 1. The number of nitrogens with zero attached hydrogens (tertiary/aromatic N) is 1. The Morgan fingerprint density at radius 1 is 1.33 bits per heavy atom. The Bertz CT molecular complexity index is 194. The van der Waals surface area contributed by atoms with E-state index in [1.54, 1.807) is 6.92 Å². The summed E-state index contributed by atoms with van der Waals surface area (Å²) >= 11 is 2.02. The Morgan fingerprint density at radius 3 is 2.53 bits per heavy atom. The average molecular weight is 228 g/mol. The van der Waals surface area contributed by atoms with Crippen molar-refractivity contribution in [2.24, 2.45) is 11.7 Å². The van der Waals surface area contributed by atoms with E-state index >= 15 is 0 Å². The minimum Gasteiger partial charge on any atom is -0.314 e. The molecule has 0 aliphatic rings. The SMILES string of the molecule is CC(C)CCSCCCCC(C)(N)C#N. The molecule has 88 valence electrons. The van der Waals surface area contributed by atoms with Crippen molar-refractivity contribution in [2.45, 2.75) is 52.0 Å². The summed E-state index contributed by atoms with van der Waals surface area (Å²) in [4.78, 5) is 0. The Labute approximate surface area is 98.6 Å². The van der Waals surface area contributed by atoms with Gasteiger partial charge >= 0.3 is 0 Å². The van der Waals surface area contributed by atoms with Crippen molar-refractivity contribution in [1.82, 2.24) is 0 Å². The topological polar surface area (TPSA) is 49.8 Å². The molecule has 0 heterocycles. The molecule has 2 nitrogen and oxygen atoms in total. The molecule has 0 aromatic heterocycles. The fourth-order valence-electron chi connectivity index (χ4n) is 1.17. The molecule has 0 amide bonds. The zero-order valence-electron chi connectivity index (χ0n) is 10.3. The van der Waals surface area contributed by atoms with Crippen LogP contribution in [0.5, 0.6) is 0 Å². The molecule has 0 rings (SSSR count). The van der Waals surface area contributed by atoms with Crippen LogP contribution in [0.25, 0.3) is 0 Å². The Kier molecular flexibility index (Phi) is 7.90. The van der Waals surface area contributed by atoms with Gasteiger partial charge in [0.25, 0.3) is 0 Å². The summed E-state index contributed by atoms with van der Waals surface area (Å²) < 4.78 is 0. The predicted octanol–water partition coefficient (Wildman–Crippen LogP) is 3.18. The van der Waals surface area contributed by atoms with Crippen molar-refractivity contribution in [3.8, 4) is 6.07 Å². The summed E-state index contributed by atoms with van der Waals surface area (Å²) in [5, 5.41) is 8.72. The van der Waals surface area contributed by atoms with Crippen LogP contribution in [0, 0.1) is 17.2 Å². The predicted molar refractivity (Wildman–Crippen MR) is 68.8 cm³/mol. The van der Waals surface area contributed by atoms with Gasteiger partial charge in [0.1, 0.15) is 5.54 Å².